The molecule has 0 saturated heterocycles. The van der Waals surface area contributed by atoms with E-state index >= 15 is 0 Å². The Morgan fingerprint density at radius 2 is 1.95 bits per heavy atom. The number of nitrogens with one attached hydrogen (secondary N) is 1. The molecule has 0 saturated carbocycles. The van der Waals surface area contributed by atoms with Gasteiger partial charge in [-0.05, 0) is 30.4 Å². The highest BCUT2D eigenvalue weighted by Gasteiger charge is 2.05. The standard InChI is InChI=1S/C15H19N3O2S/c1-16-13-10-14(18-15(17-13)21-3)20-12-6-4-11(5-7-12)8-9-19-2/h4-7,10H,8-9H2,1-3H3,(H,16,17,18). The van der Waals surface area contributed by atoms with Crippen molar-refractivity contribution in [2.24, 2.45) is 0 Å². The largest absolute Gasteiger partial charge is 0.439 e. The topological polar surface area (TPSA) is 56.3 Å². The van der Waals surface area contributed by atoms with Crippen molar-refractivity contribution in [3.05, 3.63) is 35.9 Å². The lowest BCUT2D eigenvalue weighted by Crippen LogP contribution is -1.98. The van der Waals surface area contributed by atoms with Gasteiger partial charge in [-0.1, -0.05) is 23.9 Å². The number of hydrogen-bond acceptors (Lipinski definition) is 6. The molecule has 0 radical (unpaired) electrons. The van der Waals surface area contributed by atoms with Crippen LogP contribution < -0.4 is 10.1 Å². The zero-order valence-corrected chi connectivity index (χ0v) is 13.2. The molecule has 1 N–H and O–H groups in total. The zero-order chi connectivity index (χ0) is 15.1. The van der Waals surface area contributed by atoms with Crippen LogP contribution in [0.4, 0.5) is 5.82 Å². The molecule has 5 nitrogen and oxygen atoms in total. The van der Waals surface area contributed by atoms with Crippen molar-refractivity contribution in [3.8, 4) is 11.6 Å². The van der Waals surface area contributed by atoms with Crippen molar-refractivity contribution < 1.29 is 9.47 Å². The van der Waals surface area contributed by atoms with E-state index < -0.39 is 0 Å². The fourth-order valence-corrected chi connectivity index (χ4v) is 2.11. The van der Waals surface area contributed by atoms with Gasteiger partial charge >= 0.3 is 0 Å². The van der Waals surface area contributed by atoms with Crippen LogP contribution in [0.15, 0.2) is 35.5 Å². The Morgan fingerprint density at radius 1 is 1.19 bits per heavy atom. The molecule has 1 aromatic heterocycles. The van der Waals surface area contributed by atoms with Crippen LogP contribution in [0.3, 0.4) is 0 Å². The first-order chi connectivity index (χ1) is 10.2. The van der Waals surface area contributed by atoms with Crippen molar-refractivity contribution >= 4 is 17.6 Å². The van der Waals surface area contributed by atoms with Crippen LogP contribution in [-0.4, -0.2) is 37.0 Å². The molecule has 0 spiro atoms. The number of benzene rings is 1. The predicted octanol–water partition coefficient (Wildman–Crippen LogP) is 3.22. The van der Waals surface area contributed by atoms with Gasteiger partial charge in [0.15, 0.2) is 5.16 Å². The highest BCUT2D eigenvalue weighted by molar-refractivity contribution is 7.98. The number of nitrogens with zero attached hydrogens (tertiary/aromatic N) is 2. The Bertz CT molecular complexity index is 553. The Hall–Kier alpha value is -1.79. The lowest BCUT2D eigenvalue weighted by atomic mass is 10.1. The van der Waals surface area contributed by atoms with Crippen molar-refractivity contribution in [2.75, 3.05) is 32.3 Å². The van der Waals surface area contributed by atoms with Gasteiger partial charge in [-0.15, -0.1) is 0 Å². The summed E-state index contributed by atoms with van der Waals surface area (Å²) in [4.78, 5) is 8.64. The molecule has 0 aliphatic heterocycles. The van der Waals surface area contributed by atoms with Crippen LogP contribution in [0.1, 0.15) is 5.56 Å². The predicted molar refractivity (Wildman–Crippen MR) is 85.5 cm³/mol. The minimum Gasteiger partial charge on any atom is -0.439 e. The van der Waals surface area contributed by atoms with Crippen LogP contribution in [0.2, 0.25) is 0 Å². The normalized spacial score (nSPS) is 10.4. The molecular formula is C15H19N3O2S. The number of ether oxygens (including phenoxy) is 2. The number of thioether (sulfide) groups is 1. The number of rotatable bonds is 7. The molecule has 112 valence electrons. The number of methoxy groups -OCH3 is 1. The second kappa shape index (κ2) is 7.85. The molecule has 0 fully saturated rings. The summed E-state index contributed by atoms with van der Waals surface area (Å²) < 4.78 is 10.9. The first-order valence-electron chi connectivity index (χ1n) is 6.61. The number of anilines is 1. The highest BCUT2D eigenvalue weighted by Crippen LogP contribution is 2.24. The van der Waals surface area contributed by atoms with Crippen molar-refractivity contribution in [1.29, 1.82) is 0 Å². The highest BCUT2D eigenvalue weighted by atomic mass is 32.2. The Morgan fingerprint density at radius 3 is 2.57 bits per heavy atom. The molecule has 0 unspecified atom stereocenters. The van der Waals surface area contributed by atoms with Gasteiger partial charge < -0.3 is 14.8 Å². The van der Waals surface area contributed by atoms with Crippen molar-refractivity contribution in [2.45, 2.75) is 11.6 Å². The molecule has 1 aromatic carbocycles. The quantitative estimate of drug-likeness (QED) is 0.626. The van der Waals surface area contributed by atoms with Crippen LogP contribution >= 0.6 is 11.8 Å². The first kappa shape index (κ1) is 15.6. The van der Waals surface area contributed by atoms with Crippen LogP contribution in [0.25, 0.3) is 0 Å². The van der Waals surface area contributed by atoms with Gasteiger partial charge in [0, 0.05) is 20.2 Å². The summed E-state index contributed by atoms with van der Waals surface area (Å²) in [6.07, 6.45) is 2.83. The monoisotopic (exact) mass is 305 g/mol. The molecular weight excluding hydrogens is 286 g/mol. The molecule has 21 heavy (non-hydrogen) atoms. The second-order valence-electron chi connectivity index (χ2n) is 4.32. The molecule has 0 aliphatic rings. The van der Waals surface area contributed by atoms with E-state index in [2.05, 4.69) is 15.3 Å². The molecule has 0 amide bonds. The summed E-state index contributed by atoms with van der Waals surface area (Å²) in [6, 6.07) is 9.71. The lowest BCUT2D eigenvalue weighted by Gasteiger charge is -2.08. The molecule has 6 heteroatoms. The summed E-state index contributed by atoms with van der Waals surface area (Å²) in [7, 11) is 3.52. The molecule has 1 heterocycles. The van der Waals surface area contributed by atoms with E-state index in [4.69, 9.17) is 9.47 Å². The van der Waals surface area contributed by atoms with Gasteiger partial charge in [0.2, 0.25) is 5.88 Å². The van der Waals surface area contributed by atoms with E-state index in [9.17, 15) is 0 Å². The van der Waals surface area contributed by atoms with E-state index in [0.29, 0.717) is 17.6 Å². The summed E-state index contributed by atoms with van der Waals surface area (Å²) >= 11 is 1.48. The minimum atomic E-state index is 0.531. The Kier molecular flexibility index (Phi) is 5.83. The van der Waals surface area contributed by atoms with E-state index in [1.807, 2.05) is 37.6 Å². The SMILES string of the molecule is CNc1cc(Oc2ccc(CCOC)cc2)nc(SC)n1. The maximum atomic E-state index is 5.79. The van der Waals surface area contributed by atoms with E-state index in [-0.39, 0.29) is 0 Å². The summed E-state index contributed by atoms with van der Waals surface area (Å²) in [6.45, 7) is 0.717. The van der Waals surface area contributed by atoms with Gasteiger partial charge in [-0.25, -0.2) is 4.98 Å². The van der Waals surface area contributed by atoms with Crippen molar-refractivity contribution in [1.82, 2.24) is 9.97 Å². The van der Waals surface area contributed by atoms with Gasteiger partial charge in [-0.2, -0.15) is 4.98 Å². The first-order valence-corrected chi connectivity index (χ1v) is 7.84. The second-order valence-corrected chi connectivity index (χ2v) is 5.09. The van der Waals surface area contributed by atoms with E-state index in [1.54, 1.807) is 13.2 Å². The Labute approximate surface area is 129 Å². The number of aromatic nitrogens is 2. The lowest BCUT2D eigenvalue weighted by molar-refractivity contribution is 0.202. The van der Waals surface area contributed by atoms with Gasteiger partial charge in [0.25, 0.3) is 0 Å². The molecule has 0 atom stereocenters. The maximum absolute atomic E-state index is 5.79. The van der Waals surface area contributed by atoms with Gasteiger partial charge in [-0.3, -0.25) is 0 Å². The smallest absolute Gasteiger partial charge is 0.225 e. The zero-order valence-electron chi connectivity index (χ0n) is 12.4. The summed E-state index contributed by atoms with van der Waals surface area (Å²) in [5.74, 6) is 2.02. The van der Waals surface area contributed by atoms with Gasteiger partial charge in [0.05, 0.1) is 6.61 Å². The molecule has 2 rings (SSSR count). The fourth-order valence-electron chi connectivity index (χ4n) is 1.74. The van der Waals surface area contributed by atoms with Crippen molar-refractivity contribution in [3.63, 3.8) is 0 Å². The van der Waals surface area contributed by atoms with Crippen LogP contribution in [0, 0.1) is 0 Å². The summed E-state index contributed by atoms with van der Waals surface area (Å²) in [5.41, 5.74) is 1.22. The molecule has 2 aromatic rings. The van der Waals surface area contributed by atoms with E-state index in [1.165, 1.54) is 17.3 Å². The minimum absolute atomic E-state index is 0.531. The third kappa shape index (κ3) is 4.61. The maximum Gasteiger partial charge on any atom is 0.225 e. The number of hydrogen-bond donors (Lipinski definition) is 1. The Balaban J connectivity index is 2.10. The average Bonchev–Trinajstić information content (AvgIpc) is 2.53. The van der Waals surface area contributed by atoms with E-state index in [0.717, 1.165) is 18.0 Å². The van der Waals surface area contributed by atoms with Crippen LogP contribution in [-0.2, 0) is 11.2 Å². The average molecular weight is 305 g/mol. The summed E-state index contributed by atoms with van der Waals surface area (Å²) in [5, 5.41) is 3.68. The molecule has 0 bridgehead atoms. The van der Waals surface area contributed by atoms with Gasteiger partial charge in [0.1, 0.15) is 11.6 Å². The fraction of sp³-hybridized carbons (Fsp3) is 0.333. The third-order valence-corrected chi connectivity index (χ3v) is 3.41. The molecule has 0 aliphatic carbocycles. The third-order valence-electron chi connectivity index (χ3n) is 2.86. The van der Waals surface area contributed by atoms with Crippen LogP contribution in [0.5, 0.6) is 11.6 Å².